The van der Waals surface area contributed by atoms with E-state index in [1.165, 1.54) is 67.7 Å². The van der Waals surface area contributed by atoms with Crippen molar-refractivity contribution in [1.82, 2.24) is 0 Å². The van der Waals surface area contributed by atoms with Crippen molar-refractivity contribution >= 4 is 114 Å². The average molecular weight is 1070 g/mol. The van der Waals surface area contributed by atoms with Crippen LogP contribution in [0.25, 0.3) is 21.5 Å². The molecule has 0 amide bonds. The molecule has 8 N–H and O–H groups in total. The number of azo groups is 4. The van der Waals surface area contributed by atoms with Gasteiger partial charge in [-0.3, -0.25) is 13.4 Å². The van der Waals surface area contributed by atoms with E-state index in [9.17, 15) is 44.6 Å². The average Bonchev–Trinajstić information content (AvgIpc) is 3.34. The highest BCUT2D eigenvalue weighted by Gasteiger charge is 2.27. The maximum Gasteiger partial charge on any atom is 0.296 e. The molecule has 0 saturated carbocycles. The van der Waals surface area contributed by atoms with Gasteiger partial charge in [-0.1, -0.05) is 24.3 Å². The van der Waals surface area contributed by atoms with Crippen LogP contribution < -0.4 is 15.8 Å². The smallest absolute Gasteiger partial charge is 0.296 e. The van der Waals surface area contributed by atoms with E-state index in [1.54, 1.807) is 13.8 Å². The first kappa shape index (κ1) is 52.8. The number of aromatic hydroxyl groups is 2. The molecule has 0 saturated heterocycles. The van der Waals surface area contributed by atoms with Crippen LogP contribution in [0, 0.1) is 41.5 Å². The molecule has 0 bridgehead atoms. The standard InChI is InChI=1S/C51H47N11O10S3/c1-26-8-10-28(3)38(20-26)56-58-46-30(5)22-32-24-40(74(67,68)69)48(50(63)42(32)44(46)52)60-54-34-12-16-36(17-13-34)62(7)73(65,66)37-18-14-35(15-19-37)55-61-49-41(75(70,71)72)25-33-23-31(6)47(45(53)43(33)51(49)64)59-57-39-21-27(2)9-11-29(39)4/h8-25,63-64H,52-53H2,1-7H3,(H,67,68,69)(H,70,71,72). The normalized spacial score (nSPS) is 12.7. The van der Waals surface area contributed by atoms with Crippen LogP contribution in [0.1, 0.15) is 33.4 Å². The first-order valence-corrected chi connectivity index (χ1v) is 26.7. The van der Waals surface area contributed by atoms with Crippen LogP contribution >= 0.6 is 0 Å². The van der Waals surface area contributed by atoms with Crippen molar-refractivity contribution in [2.24, 2.45) is 40.9 Å². The molecule has 8 rings (SSSR count). The van der Waals surface area contributed by atoms with E-state index in [4.69, 9.17) is 11.5 Å². The lowest BCUT2D eigenvalue weighted by Gasteiger charge is -2.19. The summed E-state index contributed by atoms with van der Waals surface area (Å²) >= 11 is 0. The van der Waals surface area contributed by atoms with E-state index < -0.39 is 62.9 Å². The lowest BCUT2D eigenvalue weighted by Crippen LogP contribution is -2.26. The largest absolute Gasteiger partial charge is 0.505 e. The van der Waals surface area contributed by atoms with Crippen LogP contribution in [-0.4, -0.2) is 51.6 Å². The van der Waals surface area contributed by atoms with Crippen LogP contribution in [0.2, 0.25) is 0 Å². The number of hydrogen-bond acceptors (Lipinski definition) is 18. The van der Waals surface area contributed by atoms with Gasteiger partial charge in [-0.2, -0.15) is 37.3 Å². The number of benzene rings is 8. The second-order valence-corrected chi connectivity index (χ2v) is 22.3. The molecule has 0 aromatic heterocycles. The Hall–Kier alpha value is -8.55. The predicted molar refractivity (Wildman–Crippen MR) is 286 cm³/mol. The van der Waals surface area contributed by atoms with Crippen LogP contribution in [0.15, 0.2) is 165 Å². The summed E-state index contributed by atoms with van der Waals surface area (Å²) in [6, 6.07) is 27.1. The molecule has 0 fully saturated rings. The fourth-order valence-corrected chi connectivity index (χ4v) is 10.5. The van der Waals surface area contributed by atoms with Crippen molar-refractivity contribution in [3.63, 3.8) is 0 Å². The maximum atomic E-state index is 13.8. The van der Waals surface area contributed by atoms with E-state index in [0.29, 0.717) is 22.5 Å². The molecule has 0 radical (unpaired) electrons. The summed E-state index contributed by atoms with van der Waals surface area (Å²) < 4.78 is 99.4. The first-order valence-electron chi connectivity index (χ1n) is 22.4. The summed E-state index contributed by atoms with van der Waals surface area (Å²) in [5.74, 6) is -1.44. The minimum absolute atomic E-state index is 0.0191. The maximum absolute atomic E-state index is 13.8. The molecule has 0 unspecified atom stereocenters. The number of sulfonamides is 1. The Morgan fingerprint density at radius 1 is 0.440 bits per heavy atom. The minimum atomic E-state index is -5.00. The second kappa shape index (κ2) is 20.0. The molecule has 8 aromatic rings. The van der Waals surface area contributed by atoms with E-state index >= 15 is 0 Å². The Balaban J connectivity index is 1.04. The fourth-order valence-electron chi connectivity index (χ4n) is 8.01. The van der Waals surface area contributed by atoms with Gasteiger partial charge < -0.3 is 21.7 Å². The molecular formula is C51H47N11O10S3. The molecular weight excluding hydrogens is 1020 g/mol. The predicted octanol–water partition coefficient (Wildman–Crippen LogP) is 13.4. The molecule has 384 valence electrons. The zero-order chi connectivity index (χ0) is 54.5. The molecule has 24 heteroatoms. The number of nitrogens with two attached hydrogens (primary N) is 2. The molecule has 0 aliphatic carbocycles. The van der Waals surface area contributed by atoms with E-state index in [-0.39, 0.29) is 66.3 Å². The topological polar surface area (TPSA) is 338 Å². The number of rotatable bonds is 13. The number of hydrogen-bond donors (Lipinski definition) is 6. The molecule has 0 heterocycles. The van der Waals surface area contributed by atoms with Gasteiger partial charge in [0.2, 0.25) is 0 Å². The van der Waals surface area contributed by atoms with Crippen molar-refractivity contribution in [3.8, 4) is 11.5 Å². The molecule has 75 heavy (non-hydrogen) atoms. The molecule has 0 aliphatic heterocycles. The monoisotopic (exact) mass is 1070 g/mol. The molecule has 8 aromatic carbocycles. The summed E-state index contributed by atoms with van der Waals surface area (Å²) in [4.78, 5) is -1.72. The van der Waals surface area contributed by atoms with Gasteiger partial charge in [0, 0.05) is 7.05 Å². The van der Waals surface area contributed by atoms with Gasteiger partial charge in [0.15, 0.2) is 11.5 Å². The van der Waals surface area contributed by atoms with Gasteiger partial charge in [-0.25, -0.2) is 8.42 Å². The fraction of sp³-hybridized carbons (Fsp3) is 0.137. The third kappa shape index (κ3) is 10.6. The third-order valence-electron chi connectivity index (χ3n) is 12.1. The minimum Gasteiger partial charge on any atom is -0.505 e. The zero-order valence-electron chi connectivity index (χ0n) is 41.0. The number of nitrogens with zero attached hydrogens (tertiary/aromatic N) is 9. The molecule has 21 nitrogen and oxygen atoms in total. The Bertz CT molecular complexity index is 4150. The van der Waals surface area contributed by atoms with Crippen LogP contribution in [0.3, 0.4) is 0 Å². The summed E-state index contributed by atoms with van der Waals surface area (Å²) in [6.45, 7) is 10.9. The number of aryl methyl sites for hydroxylation is 6. The number of phenols is 2. The van der Waals surface area contributed by atoms with Gasteiger partial charge in [0.05, 0.1) is 55.5 Å². The highest BCUT2D eigenvalue weighted by atomic mass is 32.2. The van der Waals surface area contributed by atoms with Crippen molar-refractivity contribution in [2.75, 3.05) is 22.8 Å². The summed E-state index contributed by atoms with van der Waals surface area (Å²) in [5, 5.41) is 56.7. The molecule has 0 aliphatic rings. The zero-order valence-corrected chi connectivity index (χ0v) is 43.5. The molecule has 0 spiro atoms. The number of phenolic OH excluding ortho intramolecular Hbond substituents is 2. The van der Waals surface area contributed by atoms with Crippen molar-refractivity contribution in [1.29, 1.82) is 0 Å². The van der Waals surface area contributed by atoms with Crippen LogP contribution in [-0.2, 0) is 30.3 Å². The highest BCUT2D eigenvalue weighted by Crippen LogP contribution is 2.49. The van der Waals surface area contributed by atoms with E-state index in [2.05, 4.69) is 40.9 Å². The van der Waals surface area contributed by atoms with Gasteiger partial charge in [-0.05, 0) is 171 Å². The van der Waals surface area contributed by atoms with Gasteiger partial charge in [0.25, 0.3) is 30.3 Å². The first-order chi connectivity index (χ1) is 35.2. The lowest BCUT2D eigenvalue weighted by atomic mass is 10.0. The van der Waals surface area contributed by atoms with Gasteiger partial charge in [-0.15, -0.1) is 20.5 Å². The van der Waals surface area contributed by atoms with Crippen molar-refractivity contribution < 1.29 is 44.6 Å². The number of fused-ring (bicyclic) bond motifs is 2. The van der Waals surface area contributed by atoms with Crippen molar-refractivity contribution in [2.45, 2.75) is 56.2 Å². The second-order valence-electron chi connectivity index (χ2n) is 17.6. The Morgan fingerprint density at radius 3 is 1.20 bits per heavy atom. The summed E-state index contributed by atoms with van der Waals surface area (Å²) in [6.07, 6.45) is 0. The lowest BCUT2D eigenvalue weighted by molar-refractivity contribution is 0.472. The summed E-state index contributed by atoms with van der Waals surface area (Å²) in [5.41, 5.74) is 18.2. The van der Waals surface area contributed by atoms with Crippen LogP contribution in [0.5, 0.6) is 11.5 Å². The number of nitrogen functional groups attached to an aromatic ring is 2. The molecule has 0 atom stereocenters. The van der Waals surface area contributed by atoms with Gasteiger partial charge >= 0.3 is 0 Å². The van der Waals surface area contributed by atoms with Crippen LogP contribution in [0.4, 0.5) is 62.6 Å². The van der Waals surface area contributed by atoms with E-state index in [1.807, 2.05) is 64.1 Å². The Labute approximate surface area is 430 Å². The van der Waals surface area contributed by atoms with Gasteiger partial charge in [0.1, 0.15) is 32.5 Å². The quantitative estimate of drug-likeness (QED) is 0.0356. The summed E-state index contributed by atoms with van der Waals surface area (Å²) in [7, 11) is -12.9. The SMILES string of the molecule is Cc1ccc(C)c(N=Nc2c(C)cc3cc(S(=O)(=O)O)c(N=Nc4ccc(N(C)S(=O)(=O)c5ccc(N=Nc6c(S(=O)(=O)O)cc7cc(C)c(N=Nc8cc(C)ccc8C)c(N)c7c6O)cc5)cc4)c(O)c3c2N)c1. The Morgan fingerprint density at radius 2 is 0.813 bits per heavy atom. The van der Waals surface area contributed by atoms with Crippen molar-refractivity contribution in [3.05, 3.63) is 143 Å². The number of anilines is 3. The highest BCUT2D eigenvalue weighted by molar-refractivity contribution is 7.92. The third-order valence-corrected chi connectivity index (χ3v) is 15.7. The Kier molecular flexibility index (Phi) is 14.1. The van der Waals surface area contributed by atoms with E-state index in [0.717, 1.165) is 38.7 Å².